The minimum absolute atomic E-state index is 0. The Bertz CT molecular complexity index is 754. The summed E-state index contributed by atoms with van der Waals surface area (Å²) in [6.45, 7) is 4.04. The molecule has 24 heavy (non-hydrogen) atoms. The third-order valence-electron chi connectivity index (χ3n) is 3.93. The highest BCUT2D eigenvalue weighted by molar-refractivity contribution is 7.88. The van der Waals surface area contributed by atoms with Crippen LogP contribution in [-0.4, -0.2) is 11.0 Å². The minimum Gasteiger partial charge on any atom is -0.412 e. The van der Waals surface area contributed by atoms with Crippen molar-refractivity contribution < 1.29 is 10.3 Å². The number of aryl methyl sites for hydroxylation is 2. The molecule has 0 aromatic heterocycles. The first-order chi connectivity index (χ1) is 11.2. The topological polar surface area (TPSA) is 48.6 Å². The van der Waals surface area contributed by atoms with Gasteiger partial charge in [-0.2, -0.15) is 0 Å². The summed E-state index contributed by atoms with van der Waals surface area (Å²) < 4.78 is 0. The summed E-state index contributed by atoms with van der Waals surface area (Å²) in [5, 5.41) is 2.20. The van der Waals surface area contributed by atoms with Gasteiger partial charge in [0.25, 0.3) is 0 Å². The van der Waals surface area contributed by atoms with Crippen LogP contribution in [0.3, 0.4) is 0 Å². The van der Waals surface area contributed by atoms with Gasteiger partial charge in [0.1, 0.15) is 0 Å². The van der Waals surface area contributed by atoms with Crippen molar-refractivity contribution in [1.29, 1.82) is 0 Å². The normalized spacial score (nSPS) is 10.3. The first-order valence-corrected chi connectivity index (χ1v) is 9.03. The van der Waals surface area contributed by atoms with Crippen LogP contribution in [0.15, 0.2) is 78.9 Å². The van der Waals surface area contributed by atoms with E-state index in [2.05, 4.69) is 24.3 Å². The van der Waals surface area contributed by atoms with Crippen LogP contribution in [0.5, 0.6) is 0 Å². The molecule has 0 fully saturated rings. The molecule has 0 aliphatic heterocycles. The van der Waals surface area contributed by atoms with Crippen LogP contribution in [-0.2, 0) is 0 Å². The van der Waals surface area contributed by atoms with Gasteiger partial charge < -0.3 is 5.48 Å². The van der Waals surface area contributed by atoms with Crippen molar-refractivity contribution in [3.05, 3.63) is 95.6 Å². The Labute approximate surface area is 144 Å². The predicted octanol–water partition coefficient (Wildman–Crippen LogP) is 3.75. The molecule has 0 aliphatic carbocycles. The summed E-state index contributed by atoms with van der Waals surface area (Å²) in [5.74, 6) is 0. The average Bonchev–Trinajstić information content (AvgIpc) is 2.57. The Morgan fingerprint density at radius 2 is 1.08 bits per heavy atom. The maximum Gasteiger partial charge on any atom is 0.193 e. The van der Waals surface area contributed by atoms with E-state index >= 15 is 0 Å². The molecule has 3 heteroatoms. The molecule has 122 valence electrons. The summed E-state index contributed by atoms with van der Waals surface area (Å²) in [6, 6.07) is 26.3. The van der Waals surface area contributed by atoms with Crippen LogP contribution in [0.2, 0.25) is 0 Å². The SMILES string of the molecule is Cc1cccc(C)c1C(=O)P(c1ccccc1)c1ccccc1.O. The first-order valence-electron chi connectivity index (χ1n) is 7.69. The molecular formula is C21H21O2P. The number of hydrogen-bond donors (Lipinski definition) is 0. The number of carbonyl (C=O) groups is 1. The van der Waals surface area contributed by atoms with E-state index in [1.165, 1.54) is 0 Å². The van der Waals surface area contributed by atoms with Gasteiger partial charge >= 0.3 is 0 Å². The molecule has 3 rings (SSSR count). The van der Waals surface area contributed by atoms with Gasteiger partial charge in [-0.15, -0.1) is 0 Å². The Morgan fingerprint density at radius 3 is 1.50 bits per heavy atom. The third kappa shape index (κ3) is 3.62. The quantitative estimate of drug-likeness (QED) is 0.669. The summed E-state index contributed by atoms with van der Waals surface area (Å²) in [7, 11) is -1.06. The molecule has 0 amide bonds. The Hall–Kier alpha value is -2.28. The second-order valence-corrected chi connectivity index (χ2v) is 7.69. The highest BCUT2D eigenvalue weighted by Crippen LogP contribution is 2.39. The maximum absolute atomic E-state index is 13.4. The van der Waals surface area contributed by atoms with Crippen molar-refractivity contribution in [3.63, 3.8) is 0 Å². The van der Waals surface area contributed by atoms with E-state index in [1.807, 2.05) is 68.4 Å². The molecule has 0 radical (unpaired) electrons. The molecule has 0 bridgehead atoms. The first kappa shape index (κ1) is 18.1. The number of rotatable bonds is 4. The van der Waals surface area contributed by atoms with Gasteiger partial charge in [0, 0.05) is 13.5 Å². The molecule has 2 N–H and O–H groups in total. The lowest BCUT2D eigenvalue weighted by Crippen LogP contribution is -2.19. The van der Waals surface area contributed by atoms with Crippen molar-refractivity contribution in [2.45, 2.75) is 13.8 Å². The zero-order valence-electron chi connectivity index (χ0n) is 13.9. The van der Waals surface area contributed by atoms with Crippen molar-refractivity contribution >= 4 is 24.1 Å². The number of carbonyl (C=O) groups excluding carboxylic acids is 1. The van der Waals surface area contributed by atoms with Crippen LogP contribution in [0.25, 0.3) is 0 Å². The Morgan fingerprint density at radius 1 is 0.667 bits per heavy atom. The van der Waals surface area contributed by atoms with Crippen LogP contribution >= 0.6 is 7.92 Å². The molecular weight excluding hydrogens is 315 g/mol. The van der Waals surface area contributed by atoms with Crippen LogP contribution in [0.4, 0.5) is 0 Å². The monoisotopic (exact) mass is 336 g/mol. The molecule has 0 spiro atoms. The lowest BCUT2D eigenvalue weighted by Gasteiger charge is -2.19. The lowest BCUT2D eigenvalue weighted by atomic mass is 10.0. The van der Waals surface area contributed by atoms with Crippen molar-refractivity contribution in [2.75, 3.05) is 0 Å². The molecule has 2 nitrogen and oxygen atoms in total. The molecule has 0 atom stereocenters. The predicted molar refractivity (Wildman–Crippen MR) is 103 cm³/mol. The van der Waals surface area contributed by atoms with Crippen molar-refractivity contribution in [3.8, 4) is 0 Å². The van der Waals surface area contributed by atoms with Gasteiger partial charge in [-0.05, 0) is 35.6 Å². The van der Waals surface area contributed by atoms with Crippen LogP contribution < -0.4 is 10.6 Å². The van der Waals surface area contributed by atoms with Gasteiger partial charge in [-0.25, -0.2) is 0 Å². The van der Waals surface area contributed by atoms with E-state index in [0.29, 0.717) is 0 Å². The van der Waals surface area contributed by atoms with Gasteiger partial charge in [0.15, 0.2) is 5.52 Å². The smallest absolute Gasteiger partial charge is 0.193 e. The largest absolute Gasteiger partial charge is 0.412 e. The van der Waals surface area contributed by atoms with Gasteiger partial charge in [-0.1, -0.05) is 78.9 Å². The molecule has 0 unspecified atom stereocenters. The summed E-state index contributed by atoms with van der Waals surface area (Å²) in [4.78, 5) is 13.4. The van der Waals surface area contributed by atoms with Gasteiger partial charge in [0.05, 0.1) is 0 Å². The van der Waals surface area contributed by atoms with Crippen molar-refractivity contribution in [2.24, 2.45) is 0 Å². The highest BCUT2D eigenvalue weighted by atomic mass is 31.1. The highest BCUT2D eigenvalue weighted by Gasteiger charge is 2.25. The Kier molecular flexibility index (Phi) is 6.03. The van der Waals surface area contributed by atoms with E-state index in [-0.39, 0.29) is 11.0 Å². The number of hydrogen-bond acceptors (Lipinski definition) is 1. The maximum atomic E-state index is 13.4. The third-order valence-corrected chi connectivity index (χ3v) is 6.19. The fraction of sp³-hybridized carbons (Fsp3) is 0.0952. The van der Waals surface area contributed by atoms with Crippen molar-refractivity contribution in [1.82, 2.24) is 0 Å². The summed E-state index contributed by atoms with van der Waals surface area (Å²) in [5.41, 5.74) is 3.20. The average molecular weight is 336 g/mol. The van der Waals surface area contributed by atoms with E-state index in [9.17, 15) is 4.79 Å². The standard InChI is InChI=1S/C21H19OP.H2O/c1-16-10-9-11-17(2)20(16)21(22)23(18-12-5-3-6-13-18)19-14-7-4-8-15-19;/h3-15H,1-2H3;1H2. The molecule has 0 heterocycles. The van der Waals surface area contributed by atoms with Crippen LogP contribution in [0, 0.1) is 13.8 Å². The second-order valence-electron chi connectivity index (χ2n) is 5.58. The zero-order chi connectivity index (χ0) is 16.2. The van der Waals surface area contributed by atoms with Gasteiger partial charge in [0.2, 0.25) is 0 Å². The zero-order valence-corrected chi connectivity index (χ0v) is 14.8. The lowest BCUT2D eigenvalue weighted by molar-refractivity contribution is 0.108. The molecule has 3 aromatic carbocycles. The van der Waals surface area contributed by atoms with E-state index in [1.54, 1.807) is 0 Å². The molecule has 0 saturated heterocycles. The molecule has 0 saturated carbocycles. The summed E-state index contributed by atoms with van der Waals surface area (Å²) >= 11 is 0. The minimum atomic E-state index is -1.06. The Balaban J connectivity index is 0.00000208. The fourth-order valence-electron chi connectivity index (χ4n) is 2.80. The van der Waals surface area contributed by atoms with E-state index in [0.717, 1.165) is 27.3 Å². The molecule has 0 aliphatic rings. The van der Waals surface area contributed by atoms with E-state index in [4.69, 9.17) is 0 Å². The van der Waals surface area contributed by atoms with E-state index < -0.39 is 7.92 Å². The molecule has 3 aromatic rings. The van der Waals surface area contributed by atoms with Gasteiger partial charge in [-0.3, -0.25) is 4.79 Å². The number of benzene rings is 3. The van der Waals surface area contributed by atoms with Crippen LogP contribution in [0.1, 0.15) is 21.5 Å². The second kappa shape index (κ2) is 8.01. The fourth-order valence-corrected chi connectivity index (χ4v) is 5.09. The summed E-state index contributed by atoms with van der Waals surface area (Å²) in [6.07, 6.45) is 0.